The van der Waals surface area contributed by atoms with Gasteiger partial charge in [-0.25, -0.2) is 9.59 Å². The zero-order chi connectivity index (χ0) is 13.9. The number of aliphatic carboxylic acids is 1. The summed E-state index contributed by atoms with van der Waals surface area (Å²) in [5, 5.41) is 9.46. The van der Waals surface area contributed by atoms with Crippen molar-refractivity contribution in [3.05, 3.63) is 12.7 Å². The summed E-state index contributed by atoms with van der Waals surface area (Å²) >= 11 is 0. The molecule has 1 unspecified atom stereocenters. The van der Waals surface area contributed by atoms with Gasteiger partial charge in [0.25, 0.3) is 0 Å². The fourth-order valence-corrected chi connectivity index (χ4v) is 3.00. The van der Waals surface area contributed by atoms with Crippen LogP contribution in [0.4, 0.5) is 4.79 Å². The lowest BCUT2D eigenvalue weighted by molar-refractivity contribution is -0.174. The maximum absolute atomic E-state index is 11.9. The molecule has 1 N–H and O–H groups in total. The molecule has 0 aromatic heterocycles. The Kier molecular flexibility index (Phi) is 4.09. The van der Waals surface area contributed by atoms with Crippen LogP contribution < -0.4 is 0 Å². The Bertz CT molecular complexity index is 375. The fraction of sp³-hybridized carbons (Fsp3) is 0.692. The molecule has 0 bridgehead atoms. The summed E-state index contributed by atoms with van der Waals surface area (Å²) in [6, 6.07) is -0.957. The summed E-state index contributed by atoms with van der Waals surface area (Å²) in [6.45, 7) is 4.14. The van der Waals surface area contributed by atoms with Crippen LogP contribution in [-0.2, 0) is 14.3 Å². The van der Waals surface area contributed by atoms with Crippen LogP contribution in [0.3, 0.4) is 0 Å². The van der Waals surface area contributed by atoms with Crippen molar-refractivity contribution in [2.75, 3.05) is 19.8 Å². The van der Waals surface area contributed by atoms with Gasteiger partial charge in [-0.1, -0.05) is 25.5 Å². The Morgan fingerprint density at radius 3 is 2.74 bits per heavy atom. The molecule has 6 nitrogen and oxygen atoms in total. The van der Waals surface area contributed by atoms with E-state index in [0.29, 0.717) is 19.4 Å². The van der Waals surface area contributed by atoms with Crippen molar-refractivity contribution in [1.82, 2.24) is 4.90 Å². The van der Waals surface area contributed by atoms with E-state index in [-0.39, 0.29) is 13.2 Å². The fourth-order valence-electron chi connectivity index (χ4n) is 3.00. The van der Waals surface area contributed by atoms with E-state index in [2.05, 4.69) is 6.58 Å². The number of carboxylic acids is 1. The molecule has 2 rings (SSSR count). The number of hydrogen-bond acceptors (Lipinski definition) is 4. The van der Waals surface area contributed by atoms with Crippen LogP contribution in [0.15, 0.2) is 12.7 Å². The molecular formula is C13H19NO5. The molecule has 1 heterocycles. The molecule has 0 aromatic rings. The standard InChI is InChI=1S/C13H19NO5/c1-2-8-18-12(17)14-7-9-19-13(5-3-4-6-13)10(14)11(15)16/h2,10H,1,3-9H2,(H,15,16). The lowest BCUT2D eigenvalue weighted by Crippen LogP contribution is -2.63. The normalized spacial score (nSPS) is 25.3. The summed E-state index contributed by atoms with van der Waals surface area (Å²) in [5.41, 5.74) is -0.739. The zero-order valence-corrected chi connectivity index (χ0v) is 10.8. The van der Waals surface area contributed by atoms with E-state index in [1.807, 2.05) is 0 Å². The van der Waals surface area contributed by atoms with E-state index < -0.39 is 23.7 Å². The molecule has 0 aromatic carbocycles. The summed E-state index contributed by atoms with van der Waals surface area (Å²) in [7, 11) is 0. The van der Waals surface area contributed by atoms with Gasteiger partial charge in [-0.05, 0) is 12.8 Å². The first-order valence-corrected chi connectivity index (χ1v) is 6.52. The van der Waals surface area contributed by atoms with Crippen molar-refractivity contribution >= 4 is 12.1 Å². The number of carbonyl (C=O) groups is 2. The van der Waals surface area contributed by atoms with Gasteiger partial charge in [0.2, 0.25) is 0 Å². The minimum absolute atomic E-state index is 0.0789. The molecule has 1 amide bonds. The summed E-state index contributed by atoms with van der Waals surface area (Å²) < 4.78 is 10.7. The minimum Gasteiger partial charge on any atom is -0.480 e. The maximum Gasteiger partial charge on any atom is 0.411 e. The van der Waals surface area contributed by atoms with E-state index >= 15 is 0 Å². The molecule has 6 heteroatoms. The number of morpholine rings is 1. The minimum atomic E-state index is -1.03. The number of ether oxygens (including phenoxy) is 2. The van der Waals surface area contributed by atoms with Gasteiger partial charge in [0, 0.05) is 6.54 Å². The summed E-state index contributed by atoms with van der Waals surface area (Å²) in [4.78, 5) is 24.8. The van der Waals surface area contributed by atoms with Crippen LogP contribution in [0.25, 0.3) is 0 Å². The SMILES string of the molecule is C=CCOC(=O)N1CCOC2(CCCC2)C1C(=O)O. The van der Waals surface area contributed by atoms with Gasteiger partial charge in [0.05, 0.1) is 12.2 Å². The molecule has 1 aliphatic heterocycles. The molecule has 0 radical (unpaired) electrons. The number of rotatable bonds is 3. The van der Waals surface area contributed by atoms with E-state index in [0.717, 1.165) is 12.8 Å². The summed E-state index contributed by atoms with van der Waals surface area (Å²) in [5.74, 6) is -1.03. The molecule has 2 aliphatic rings. The molecule has 1 saturated heterocycles. The second kappa shape index (κ2) is 5.61. The van der Waals surface area contributed by atoms with Gasteiger partial charge in [-0.3, -0.25) is 4.90 Å². The molecule has 1 atom stereocenters. The number of nitrogens with zero attached hydrogens (tertiary/aromatic N) is 1. The van der Waals surface area contributed by atoms with E-state index in [1.165, 1.54) is 11.0 Å². The van der Waals surface area contributed by atoms with E-state index in [1.54, 1.807) is 0 Å². The van der Waals surface area contributed by atoms with Crippen molar-refractivity contribution in [1.29, 1.82) is 0 Å². The first-order chi connectivity index (χ1) is 9.10. The third-order valence-corrected chi connectivity index (χ3v) is 3.77. The third-order valence-electron chi connectivity index (χ3n) is 3.77. The quantitative estimate of drug-likeness (QED) is 0.784. The number of hydrogen-bond donors (Lipinski definition) is 1. The number of carbonyl (C=O) groups excluding carboxylic acids is 1. The monoisotopic (exact) mass is 269 g/mol. The Balaban J connectivity index is 2.19. The largest absolute Gasteiger partial charge is 0.480 e. The van der Waals surface area contributed by atoms with Gasteiger partial charge in [0.15, 0.2) is 6.04 Å². The highest BCUT2D eigenvalue weighted by molar-refractivity contribution is 5.81. The van der Waals surface area contributed by atoms with Crippen molar-refractivity contribution in [2.24, 2.45) is 0 Å². The Morgan fingerprint density at radius 1 is 1.47 bits per heavy atom. The van der Waals surface area contributed by atoms with Crippen molar-refractivity contribution in [2.45, 2.75) is 37.3 Å². The highest BCUT2D eigenvalue weighted by atomic mass is 16.6. The van der Waals surface area contributed by atoms with Crippen LogP contribution >= 0.6 is 0 Å². The number of amides is 1. The second-order valence-corrected chi connectivity index (χ2v) is 4.92. The molecule has 19 heavy (non-hydrogen) atoms. The highest BCUT2D eigenvalue weighted by Gasteiger charge is 2.53. The Labute approximate surface area is 112 Å². The maximum atomic E-state index is 11.9. The molecule has 106 valence electrons. The predicted molar refractivity (Wildman–Crippen MR) is 66.8 cm³/mol. The van der Waals surface area contributed by atoms with Crippen molar-refractivity contribution in [3.63, 3.8) is 0 Å². The Hall–Kier alpha value is -1.56. The van der Waals surface area contributed by atoms with Gasteiger partial charge in [-0.2, -0.15) is 0 Å². The number of carboxylic acid groups (broad SMARTS) is 1. The van der Waals surface area contributed by atoms with Gasteiger partial charge in [0.1, 0.15) is 6.61 Å². The van der Waals surface area contributed by atoms with Crippen LogP contribution in [0.2, 0.25) is 0 Å². The van der Waals surface area contributed by atoms with Gasteiger partial charge < -0.3 is 14.6 Å². The average molecular weight is 269 g/mol. The molecule has 1 saturated carbocycles. The van der Waals surface area contributed by atoms with Crippen molar-refractivity contribution in [3.8, 4) is 0 Å². The molecule has 1 spiro atoms. The van der Waals surface area contributed by atoms with Crippen LogP contribution in [0.5, 0.6) is 0 Å². The van der Waals surface area contributed by atoms with E-state index in [9.17, 15) is 14.7 Å². The van der Waals surface area contributed by atoms with E-state index in [4.69, 9.17) is 9.47 Å². The van der Waals surface area contributed by atoms with Crippen LogP contribution in [0, 0.1) is 0 Å². The first kappa shape index (κ1) is 13.9. The smallest absolute Gasteiger partial charge is 0.411 e. The topological polar surface area (TPSA) is 76.1 Å². The zero-order valence-electron chi connectivity index (χ0n) is 10.8. The molecule has 2 fully saturated rings. The lowest BCUT2D eigenvalue weighted by atomic mass is 9.89. The van der Waals surface area contributed by atoms with Gasteiger partial charge in [-0.15, -0.1) is 0 Å². The van der Waals surface area contributed by atoms with Crippen LogP contribution in [-0.4, -0.2) is 53.5 Å². The first-order valence-electron chi connectivity index (χ1n) is 6.52. The van der Waals surface area contributed by atoms with Gasteiger partial charge >= 0.3 is 12.1 Å². The third kappa shape index (κ3) is 2.58. The van der Waals surface area contributed by atoms with Crippen molar-refractivity contribution < 1.29 is 24.2 Å². The average Bonchev–Trinajstić information content (AvgIpc) is 2.83. The second-order valence-electron chi connectivity index (χ2n) is 4.92. The summed E-state index contributed by atoms with van der Waals surface area (Å²) in [6.07, 6.45) is 4.06. The van der Waals surface area contributed by atoms with Crippen LogP contribution in [0.1, 0.15) is 25.7 Å². The Morgan fingerprint density at radius 2 is 2.16 bits per heavy atom. The molecular weight excluding hydrogens is 250 g/mol. The molecule has 1 aliphatic carbocycles. The predicted octanol–water partition coefficient (Wildman–Crippen LogP) is 1.41. The highest BCUT2D eigenvalue weighted by Crippen LogP contribution is 2.40. The lowest BCUT2D eigenvalue weighted by Gasteiger charge is -2.45.